The topological polar surface area (TPSA) is 96.5 Å². The van der Waals surface area contributed by atoms with Gasteiger partial charge < -0.3 is 20.7 Å². The lowest BCUT2D eigenvalue weighted by Gasteiger charge is -2.19. The summed E-state index contributed by atoms with van der Waals surface area (Å²) in [7, 11) is 0. The summed E-state index contributed by atoms with van der Waals surface area (Å²) in [5.74, 6) is -6.03. The number of carbonyl (C=O) groups is 3. The van der Waals surface area contributed by atoms with Crippen LogP contribution in [-0.4, -0.2) is 30.1 Å². The van der Waals surface area contributed by atoms with Crippen LogP contribution >= 0.6 is 0 Å². The molecule has 2 aromatic rings. The van der Waals surface area contributed by atoms with Crippen LogP contribution in [0.25, 0.3) is 0 Å². The number of hydrogen-bond acceptors (Lipinski definition) is 4. The number of hydrogen-bond donors (Lipinski definition) is 3. The molecule has 3 N–H and O–H groups in total. The summed E-state index contributed by atoms with van der Waals surface area (Å²) in [6, 6.07) is 7.33. The van der Waals surface area contributed by atoms with Gasteiger partial charge in [0, 0.05) is 24.3 Å². The maximum Gasteiger partial charge on any atom is 0.407 e. The lowest BCUT2D eigenvalue weighted by Crippen LogP contribution is -2.34. The second kappa shape index (κ2) is 9.96. The molecule has 2 aromatic carbocycles. The van der Waals surface area contributed by atoms with Gasteiger partial charge in [-0.05, 0) is 57.2 Å². The van der Waals surface area contributed by atoms with Crippen molar-refractivity contribution in [2.75, 3.05) is 17.2 Å². The molecule has 7 nitrogen and oxygen atoms in total. The normalized spacial score (nSPS) is 10.9. The molecule has 0 aliphatic heterocycles. The minimum atomic E-state index is -1.73. The molecule has 0 bridgehead atoms. The van der Waals surface area contributed by atoms with Gasteiger partial charge in [0.1, 0.15) is 5.60 Å². The third kappa shape index (κ3) is 7.32. The van der Waals surface area contributed by atoms with Gasteiger partial charge in [0.25, 0.3) is 5.91 Å². The largest absolute Gasteiger partial charge is 0.444 e. The average molecular weight is 437 g/mol. The smallest absolute Gasteiger partial charge is 0.407 e. The van der Waals surface area contributed by atoms with Crippen LogP contribution in [0, 0.1) is 17.5 Å². The Labute approximate surface area is 177 Å². The van der Waals surface area contributed by atoms with Crippen LogP contribution in [0.15, 0.2) is 36.4 Å². The number of amides is 3. The number of rotatable bonds is 6. The van der Waals surface area contributed by atoms with Gasteiger partial charge in [-0.25, -0.2) is 18.0 Å². The first-order valence-electron chi connectivity index (χ1n) is 9.28. The van der Waals surface area contributed by atoms with E-state index >= 15 is 0 Å². The van der Waals surface area contributed by atoms with Crippen LogP contribution in [0.5, 0.6) is 0 Å². The van der Waals surface area contributed by atoms with E-state index in [1.807, 2.05) is 0 Å². The van der Waals surface area contributed by atoms with Gasteiger partial charge in [-0.2, -0.15) is 0 Å². The number of carbonyl (C=O) groups excluding carboxylic acids is 3. The zero-order valence-corrected chi connectivity index (χ0v) is 17.1. The summed E-state index contributed by atoms with van der Waals surface area (Å²) in [6.45, 7) is 5.24. The van der Waals surface area contributed by atoms with Crippen molar-refractivity contribution in [3.05, 3.63) is 59.4 Å². The minimum absolute atomic E-state index is 0.00708. The van der Waals surface area contributed by atoms with E-state index in [1.54, 1.807) is 20.8 Å². The fourth-order valence-corrected chi connectivity index (χ4v) is 2.35. The molecule has 2 rings (SSSR count). The van der Waals surface area contributed by atoms with Crippen molar-refractivity contribution >= 4 is 29.3 Å². The standard InChI is InChI=1S/C21H22F3N3O4/c1-21(2,3)31-20(30)25-11-10-16(28)26-12-4-6-13(7-5-12)27-19(29)14-8-9-15(22)18(24)17(14)23/h4-9H,10-11H2,1-3H3,(H,25,30)(H,26,28)(H,27,29). The molecule has 0 saturated heterocycles. The first-order chi connectivity index (χ1) is 14.5. The molecule has 0 unspecified atom stereocenters. The van der Waals surface area contributed by atoms with Crippen LogP contribution in [0.2, 0.25) is 0 Å². The predicted molar refractivity (Wildman–Crippen MR) is 108 cm³/mol. The number of halogens is 3. The summed E-state index contributed by atoms with van der Waals surface area (Å²) in [5.41, 5.74) is -0.619. The van der Waals surface area contributed by atoms with Crippen LogP contribution in [0.3, 0.4) is 0 Å². The second-order valence-corrected chi connectivity index (χ2v) is 7.48. The molecule has 0 aliphatic rings. The molecular weight excluding hydrogens is 415 g/mol. The number of ether oxygens (including phenoxy) is 1. The number of nitrogens with one attached hydrogen (secondary N) is 3. The summed E-state index contributed by atoms with van der Waals surface area (Å²) < 4.78 is 45.0. The molecule has 166 valence electrons. The maximum atomic E-state index is 13.7. The third-order valence-electron chi connectivity index (χ3n) is 3.73. The van der Waals surface area contributed by atoms with Crippen molar-refractivity contribution in [3.8, 4) is 0 Å². The number of benzene rings is 2. The molecule has 0 saturated carbocycles. The van der Waals surface area contributed by atoms with Gasteiger partial charge in [0.05, 0.1) is 5.56 Å². The van der Waals surface area contributed by atoms with Crippen LogP contribution in [0.1, 0.15) is 37.6 Å². The minimum Gasteiger partial charge on any atom is -0.444 e. The first-order valence-corrected chi connectivity index (χ1v) is 9.28. The third-order valence-corrected chi connectivity index (χ3v) is 3.73. The molecule has 0 spiro atoms. The highest BCUT2D eigenvalue weighted by atomic mass is 19.2. The van der Waals surface area contributed by atoms with Crippen LogP contribution < -0.4 is 16.0 Å². The monoisotopic (exact) mass is 437 g/mol. The maximum absolute atomic E-state index is 13.7. The van der Waals surface area contributed by atoms with E-state index in [1.165, 1.54) is 24.3 Å². The molecule has 0 fully saturated rings. The van der Waals surface area contributed by atoms with E-state index in [9.17, 15) is 27.6 Å². The molecule has 31 heavy (non-hydrogen) atoms. The van der Waals surface area contributed by atoms with E-state index in [0.29, 0.717) is 11.8 Å². The van der Waals surface area contributed by atoms with Crippen molar-refractivity contribution in [1.29, 1.82) is 0 Å². The van der Waals surface area contributed by atoms with Crippen molar-refractivity contribution in [2.24, 2.45) is 0 Å². The zero-order chi connectivity index (χ0) is 23.2. The van der Waals surface area contributed by atoms with Gasteiger partial charge in [-0.15, -0.1) is 0 Å². The fraction of sp³-hybridized carbons (Fsp3) is 0.286. The summed E-state index contributed by atoms with van der Waals surface area (Å²) in [6.07, 6.45) is -0.620. The van der Waals surface area contributed by atoms with Crippen molar-refractivity contribution in [1.82, 2.24) is 5.32 Å². The lowest BCUT2D eigenvalue weighted by molar-refractivity contribution is -0.116. The highest BCUT2D eigenvalue weighted by molar-refractivity contribution is 6.04. The molecule has 3 amide bonds. The van der Waals surface area contributed by atoms with Crippen molar-refractivity contribution < 1.29 is 32.3 Å². The van der Waals surface area contributed by atoms with Gasteiger partial charge in [-0.3, -0.25) is 9.59 Å². The Morgan fingerprint density at radius 3 is 2.03 bits per heavy atom. The molecule has 10 heteroatoms. The van der Waals surface area contributed by atoms with Crippen molar-refractivity contribution in [3.63, 3.8) is 0 Å². The first kappa shape index (κ1) is 23.7. The van der Waals surface area contributed by atoms with Gasteiger partial charge in [-0.1, -0.05) is 0 Å². The van der Waals surface area contributed by atoms with Gasteiger partial charge in [0.15, 0.2) is 17.5 Å². The van der Waals surface area contributed by atoms with Crippen LogP contribution in [0.4, 0.5) is 29.3 Å². The van der Waals surface area contributed by atoms with E-state index in [2.05, 4.69) is 16.0 Å². The molecule has 0 atom stereocenters. The highest BCUT2D eigenvalue weighted by Crippen LogP contribution is 2.18. The molecular formula is C21H22F3N3O4. The molecule has 0 aromatic heterocycles. The van der Waals surface area contributed by atoms with Gasteiger partial charge >= 0.3 is 6.09 Å². The zero-order valence-electron chi connectivity index (χ0n) is 17.1. The van der Waals surface area contributed by atoms with E-state index in [-0.39, 0.29) is 24.6 Å². The Kier molecular flexibility index (Phi) is 7.62. The van der Waals surface area contributed by atoms with E-state index in [4.69, 9.17) is 4.74 Å². The summed E-state index contributed by atoms with van der Waals surface area (Å²) >= 11 is 0. The molecule has 0 radical (unpaired) electrons. The number of alkyl carbamates (subject to hydrolysis) is 1. The summed E-state index contributed by atoms with van der Waals surface area (Å²) in [4.78, 5) is 35.5. The van der Waals surface area contributed by atoms with E-state index in [0.717, 1.165) is 6.07 Å². The Balaban J connectivity index is 1.85. The second-order valence-electron chi connectivity index (χ2n) is 7.48. The Hall–Kier alpha value is -3.56. The van der Waals surface area contributed by atoms with E-state index < -0.39 is 40.6 Å². The molecule has 0 heterocycles. The van der Waals surface area contributed by atoms with Gasteiger partial charge in [0.2, 0.25) is 5.91 Å². The quantitative estimate of drug-likeness (QED) is 0.590. The summed E-state index contributed by atoms with van der Waals surface area (Å²) in [5, 5.41) is 7.42. The highest BCUT2D eigenvalue weighted by Gasteiger charge is 2.19. The fourth-order valence-electron chi connectivity index (χ4n) is 2.35. The Morgan fingerprint density at radius 1 is 0.871 bits per heavy atom. The lowest BCUT2D eigenvalue weighted by atomic mass is 10.1. The Morgan fingerprint density at radius 2 is 1.45 bits per heavy atom. The molecule has 0 aliphatic carbocycles. The van der Waals surface area contributed by atoms with Crippen molar-refractivity contribution in [2.45, 2.75) is 32.8 Å². The average Bonchev–Trinajstić information content (AvgIpc) is 2.66. The predicted octanol–water partition coefficient (Wildman–Crippen LogP) is 4.21. The SMILES string of the molecule is CC(C)(C)OC(=O)NCCC(=O)Nc1ccc(NC(=O)c2ccc(F)c(F)c2F)cc1. The Bertz CT molecular complexity index is 973. The number of anilines is 2. The van der Waals surface area contributed by atoms with Crippen LogP contribution in [-0.2, 0) is 9.53 Å².